The molecule has 1 aliphatic carbocycles. The van der Waals surface area contributed by atoms with Crippen LogP contribution in [0.2, 0.25) is 0 Å². The van der Waals surface area contributed by atoms with Crippen molar-refractivity contribution < 1.29 is 51.7 Å². The lowest BCUT2D eigenvalue weighted by atomic mass is 9.49. The number of ether oxygens (including phenoxy) is 3. The van der Waals surface area contributed by atoms with Crippen LogP contribution in [-0.2, 0) is 30.0 Å². The van der Waals surface area contributed by atoms with Crippen molar-refractivity contribution in [1.29, 1.82) is 5.26 Å². The molecule has 3 aliphatic rings. The quantitative estimate of drug-likeness (QED) is 0.0557. The van der Waals surface area contributed by atoms with Crippen LogP contribution in [0.5, 0.6) is 5.75 Å². The maximum Gasteiger partial charge on any atom is 0.417 e. The summed E-state index contributed by atoms with van der Waals surface area (Å²) in [6, 6.07) is 13.4. The second-order valence-electron chi connectivity index (χ2n) is 21.5. The Morgan fingerprint density at radius 1 is 0.973 bits per heavy atom. The van der Waals surface area contributed by atoms with E-state index in [1.807, 2.05) is 85.2 Å². The summed E-state index contributed by atoms with van der Waals surface area (Å²) in [6.07, 6.45) is -4.70. The molecule has 7 rings (SSSR count). The number of hydrogen-bond acceptors (Lipinski definition) is 14. The molecule has 2 saturated heterocycles. The molecule has 21 heteroatoms. The number of likely N-dealkylation sites (tertiary alicyclic amines) is 1. The number of benzene rings is 2. The van der Waals surface area contributed by atoms with Crippen molar-refractivity contribution in [3.63, 3.8) is 0 Å². The second kappa shape index (κ2) is 22.7. The Kier molecular flexibility index (Phi) is 17.1. The minimum Gasteiger partial charge on any atom is -0.489 e. The summed E-state index contributed by atoms with van der Waals surface area (Å²) in [7, 11) is 0. The van der Waals surface area contributed by atoms with Crippen molar-refractivity contribution in [3.8, 4) is 22.3 Å². The van der Waals surface area contributed by atoms with Gasteiger partial charge in [0.15, 0.2) is 0 Å². The zero-order valence-corrected chi connectivity index (χ0v) is 43.7. The van der Waals surface area contributed by atoms with Crippen LogP contribution in [0.15, 0.2) is 66.3 Å². The van der Waals surface area contributed by atoms with Crippen LogP contribution in [0, 0.1) is 40.4 Å². The predicted octanol–water partition coefficient (Wildman–Crippen LogP) is 6.03. The van der Waals surface area contributed by atoms with Crippen LogP contribution >= 0.6 is 11.3 Å². The normalized spacial score (nSPS) is 21.0. The number of nitrogens with one attached hydrogen (secondary N) is 5. The number of alkyl halides is 3. The molecule has 17 nitrogen and oxygen atoms in total. The highest BCUT2D eigenvalue weighted by Crippen LogP contribution is 2.56. The number of thiazole rings is 1. The number of aliphatic hydroxyl groups is 1. The summed E-state index contributed by atoms with van der Waals surface area (Å²) in [5, 5.41) is 35.4. The third kappa shape index (κ3) is 12.7. The van der Waals surface area contributed by atoms with Crippen LogP contribution in [0.1, 0.15) is 93.7 Å². The van der Waals surface area contributed by atoms with E-state index < -0.39 is 81.6 Å². The number of anilines is 1. The highest BCUT2D eigenvalue weighted by molar-refractivity contribution is 7.13. The molecular weight excluding hydrogens is 980 g/mol. The van der Waals surface area contributed by atoms with Gasteiger partial charge in [-0.2, -0.15) is 18.4 Å². The molecule has 1 saturated carbocycles. The number of pyridine rings is 1. The number of β-amino-alcohol motifs (C(OH)–C–C–N with tert-alkyl or cyclic N) is 1. The lowest BCUT2D eigenvalue weighted by Gasteiger charge is -2.63. The van der Waals surface area contributed by atoms with Gasteiger partial charge in [-0.25, -0.2) is 9.97 Å². The number of nitrogens with zero attached hydrogens (tertiary/aromatic N) is 4. The number of nitriles is 1. The summed E-state index contributed by atoms with van der Waals surface area (Å²) >= 11 is 1.56. The molecule has 0 bridgehead atoms. The predicted molar refractivity (Wildman–Crippen MR) is 271 cm³/mol. The van der Waals surface area contributed by atoms with E-state index in [1.54, 1.807) is 29.5 Å². The molecule has 2 aliphatic heterocycles. The van der Waals surface area contributed by atoms with E-state index in [0.717, 1.165) is 33.8 Å². The molecule has 4 atom stereocenters. The third-order valence-corrected chi connectivity index (χ3v) is 15.0. The number of amides is 4. The molecule has 4 amide bonds. The van der Waals surface area contributed by atoms with Gasteiger partial charge in [0.2, 0.25) is 17.7 Å². The fraction of sp³-hybridized carbons (Fsp3) is 0.528. The fourth-order valence-electron chi connectivity index (χ4n) is 10.3. The first kappa shape index (κ1) is 55.6. The minimum atomic E-state index is -4.72. The maximum absolute atomic E-state index is 14.2. The number of aromatic nitrogens is 2. The van der Waals surface area contributed by atoms with Crippen LogP contribution in [0.25, 0.3) is 10.4 Å². The van der Waals surface area contributed by atoms with Crippen molar-refractivity contribution in [2.24, 2.45) is 22.2 Å². The zero-order chi connectivity index (χ0) is 53.8. The van der Waals surface area contributed by atoms with Crippen molar-refractivity contribution in [1.82, 2.24) is 36.1 Å². The lowest BCUT2D eigenvalue weighted by Crippen LogP contribution is -2.74. The molecule has 1 unspecified atom stereocenters. The van der Waals surface area contributed by atoms with E-state index >= 15 is 0 Å². The van der Waals surface area contributed by atoms with Gasteiger partial charge in [-0.1, -0.05) is 72.7 Å². The highest BCUT2D eigenvalue weighted by Gasteiger charge is 2.64. The van der Waals surface area contributed by atoms with Crippen LogP contribution in [-0.4, -0.2) is 127 Å². The van der Waals surface area contributed by atoms with E-state index in [9.17, 15) is 37.5 Å². The molecule has 2 aromatic heterocycles. The second-order valence-corrected chi connectivity index (χ2v) is 22.3. The van der Waals surface area contributed by atoms with Gasteiger partial charge in [0.1, 0.15) is 36.4 Å². The SMILES string of the molecule is Cc1ncsc1-c1ccc(C(NC(=O)[C@@H]2C[C@@H](O)CN2C(=O)[C@@H](NC(=O)COCCNCCNc2ccc(C(=O)N[C@H]3C(C)(C)[C@H](Oc4ccc(C#N)c(C(F)(F)F)c4)C3(C)C)cn2)C(C)(C)C)C2COC2)cc1. The molecule has 398 valence electrons. The van der Waals surface area contributed by atoms with Crippen molar-refractivity contribution in [3.05, 3.63) is 94.3 Å². The summed E-state index contributed by atoms with van der Waals surface area (Å²) in [6.45, 7) is 17.1. The standard InChI is InChI=1S/C53H66F3N9O8S/c1-30-43(74-29-61-30)32-11-9-31(10-12-32)42(35-26-72-27-35)63-46(69)39-21-36(66)25-65(39)47(70)44(50(2,3)4)62-41(67)28-71-20-19-58-17-18-59-40-16-14-34(24-60-40)45(68)64-48-51(5,6)49(52(48,7)8)73-37-15-13-33(23-57)38(22-37)53(54,55)56/h9-16,22,24,29,35-36,39,42,44,48-49,58,66H,17-21,25-28H2,1-8H3,(H,59,60)(H,62,67)(H,63,69)(H,64,68)/t36-,39+,42?,44-,48-,49-/m1/s1. The molecule has 0 radical (unpaired) electrons. The molecule has 4 heterocycles. The molecule has 4 aromatic rings. The summed E-state index contributed by atoms with van der Waals surface area (Å²) < 4.78 is 58.0. The average Bonchev–Trinajstić information content (AvgIpc) is 3.95. The third-order valence-electron chi connectivity index (χ3n) is 14.1. The zero-order valence-electron chi connectivity index (χ0n) is 42.9. The summed E-state index contributed by atoms with van der Waals surface area (Å²) in [5.41, 5.74) is 1.35. The first-order chi connectivity index (χ1) is 34.9. The smallest absolute Gasteiger partial charge is 0.417 e. The molecule has 6 N–H and O–H groups in total. The number of rotatable bonds is 20. The number of aryl methyl sites for hydroxylation is 1. The number of hydrogen-bond donors (Lipinski definition) is 6. The molecule has 2 aromatic carbocycles. The van der Waals surface area contributed by atoms with E-state index in [4.69, 9.17) is 19.5 Å². The Hall–Kier alpha value is -6.18. The molecule has 0 spiro atoms. The Balaban J connectivity index is 0.820. The number of carbonyl (C=O) groups excluding carboxylic acids is 4. The van der Waals surface area contributed by atoms with Gasteiger partial charge in [0, 0.05) is 61.6 Å². The first-order valence-corrected chi connectivity index (χ1v) is 25.5. The largest absolute Gasteiger partial charge is 0.489 e. The minimum absolute atomic E-state index is 0.0178. The Morgan fingerprint density at radius 2 is 1.69 bits per heavy atom. The van der Waals surface area contributed by atoms with Gasteiger partial charge < -0.3 is 50.8 Å². The molecule has 3 fully saturated rings. The van der Waals surface area contributed by atoms with Crippen LogP contribution in [0.3, 0.4) is 0 Å². The van der Waals surface area contributed by atoms with E-state index in [1.165, 1.54) is 17.2 Å². The Morgan fingerprint density at radius 3 is 2.28 bits per heavy atom. The van der Waals surface area contributed by atoms with Gasteiger partial charge >= 0.3 is 6.18 Å². The average molecular weight is 1050 g/mol. The topological polar surface area (TPSA) is 229 Å². The Bertz CT molecular complexity index is 2670. The first-order valence-electron chi connectivity index (χ1n) is 24.6. The van der Waals surface area contributed by atoms with Crippen molar-refractivity contribution in [2.45, 2.75) is 104 Å². The summed E-state index contributed by atoms with van der Waals surface area (Å²) in [4.78, 5) is 66.0. The van der Waals surface area contributed by atoms with Gasteiger partial charge in [-0.05, 0) is 53.8 Å². The molecule has 74 heavy (non-hydrogen) atoms. The van der Waals surface area contributed by atoms with E-state index in [2.05, 4.69) is 36.6 Å². The van der Waals surface area contributed by atoms with Gasteiger partial charge in [0.25, 0.3) is 5.91 Å². The summed E-state index contributed by atoms with van der Waals surface area (Å²) in [5.74, 6) is -1.19. The van der Waals surface area contributed by atoms with Crippen LogP contribution in [0.4, 0.5) is 19.0 Å². The lowest BCUT2D eigenvalue weighted by molar-refractivity contribution is -0.164. The highest BCUT2D eigenvalue weighted by atomic mass is 32.1. The van der Waals surface area contributed by atoms with Crippen molar-refractivity contribution >= 4 is 40.8 Å². The van der Waals surface area contributed by atoms with Gasteiger partial charge in [-0.15, -0.1) is 11.3 Å². The molecular formula is C53H66F3N9O8S. The Labute approximate surface area is 433 Å². The van der Waals surface area contributed by atoms with E-state index in [0.29, 0.717) is 44.2 Å². The van der Waals surface area contributed by atoms with Crippen LogP contribution < -0.4 is 31.3 Å². The van der Waals surface area contributed by atoms with E-state index in [-0.39, 0.29) is 49.8 Å². The van der Waals surface area contributed by atoms with Gasteiger partial charge in [-0.3, -0.25) is 19.2 Å². The monoisotopic (exact) mass is 1050 g/mol. The number of carbonyl (C=O) groups is 4. The maximum atomic E-state index is 14.2. The van der Waals surface area contributed by atoms with Crippen molar-refractivity contribution in [2.75, 3.05) is 57.9 Å². The number of halogens is 3. The number of aliphatic hydroxyl groups excluding tert-OH is 1. The van der Waals surface area contributed by atoms with Gasteiger partial charge in [0.05, 0.1) is 70.8 Å². The fourth-order valence-corrected chi connectivity index (χ4v) is 11.1.